The standard InChI is InChI=1S/C20H25FN2O2/c1-3-23(4-2)14-13-22-20(24)18-7-5-6-8-19(18)25-15-16-9-11-17(21)12-10-16/h5-12H,3-4,13-15H2,1-2H3,(H,22,24). The summed E-state index contributed by atoms with van der Waals surface area (Å²) in [6.07, 6.45) is 0. The van der Waals surface area contributed by atoms with Gasteiger partial charge >= 0.3 is 0 Å². The molecule has 0 atom stereocenters. The van der Waals surface area contributed by atoms with Crippen LogP contribution in [0.25, 0.3) is 0 Å². The van der Waals surface area contributed by atoms with Gasteiger partial charge in [-0.05, 0) is 42.9 Å². The van der Waals surface area contributed by atoms with E-state index in [1.807, 2.05) is 12.1 Å². The molecule has 0 spiro atoms. The van der Waals surface area contributed by atoms with Gasteiger partial charge in [0, 0.05) is 13.1 Å². The highest BCUT2D eigenvalue weighted by molar-refractivity contribution is 5.96. The van der Waals surface area contributed by atoms with Gasteiger partial charge < -0.3 is 15.0 Å². The molecule has 0 aliphatic carbocycles. The Hall–Kier alpha value is -2.40. The third-order valence-corrected chi connectivity index (χ3v) is 4.05. The number of ether oxygens (including phenoxy) is 1. The summed E-state index contributed by atoms with van der Waals surface area (Å²) in [4.78, 5) is 14.7. The van der Waals surface area contributed by atoms with Crippen LogP contribution in [0.1, 0.15) is 29.8 Å². The van der Waals surface area contributed by atoms with Crippen LogP contribution in [-0.4, -0.2) is 37.0 Å². The maximum atomic E-state index is 12.9. The maximum Gasteiger partial charge on any atom is 0.255 e. The maximum absolute atomic E-state index is 12.9. The number of hydrogen-bond acceptors (Lipinski definition) is 3. The second-order valence-electron chi connectivity index (χ2n) is 5.69. The van der Waals surface area contributed by atoms with Gasteiger partial charge in [-0.1, -0.05) is 38.1 Å². The Morgan fingerprint density at radius 2 is 1.76 bits per heavy atom. The molecule has 134 valence electrons. The van der Waals surface area contributed by atoms with Crippen molar-refractivity contribution in [1.82, 2.24) is 10.2 Å². The van der Waals surface area contributed by atoms with Gasteiger partial charge in [-0.15, -0.1) is 0 Å². The zero-order chi connectivity index (χ0) is 18.1. The molecule has 0 radical (unpaired) electrons. The summed E-state index contributed by atoms with van der Waals surface area (Å²) in [5.41, 5.74) is 1.35. The summed E-state index contributed by atoms with van der Waals surface area (Å²) in [5.74, 6) is 0.0887. The molecule has 2 aromatic carbocycles. The molecule has 25 heavy (non-hydrogen) atoms. The first-order valence-electron chi connectivity index (χ1n) is 8.60. The van der Waals surface area contributed by atoms with Gasteiger partial charge in [0.2, 0.25) is 0 Å². The van der Waals surface area contributed by atoms with Crippen LogP contribution < -0.4 is 10.1 Å². The average Bonchev–Trinajstić information content (AvgIpc) is 2.65. The number of para-hydroxylation sites is 1. The molecule has 0 bridgehead atoms. The number of carbonyl (C=O) groups is 1. The zero-order valence-corrected chi connectivity index (χ0v) is 14.8. The number of nitrogens with one attached hydrogen (secondary N) is 1. The topological polar surface area (TPSA) is 41.6 Å². The molecule has 2 rings (SSSR count). The van der Waals surface area contributed by atoms with Crippen LogP contribution in [0.5, 0.6) is 5.75 Å². The Bertz CT molecular complexity index is 670. The number of carbonyl (C=O) groups excluding carboxylic acids is 1. The van der Waals surface area contributed by atoms with Gasteiger partial charge in [-0.3, -0.25) is 4.79 Å². The smallest absolute Gasteiger partial charge is 0.255 e. The van der Waals surface area contributed by atoms with Crippen LogP contribution in [-0.2, 0) is 6.61 Å². The Morgan fingerprint density at radius 3 is 2.44 bits per heavy atom. The SMILES string of the molecule is CCN(CC)CCNC(=O)c1ccccc1OCc1ccc(F)cc1. The van der Waals surface area contributed by atoms with Gasteiger partial charge in [0.05, 0.1) is 5.56 Å². The van der Waals surface area contributed by atoms with Crippen molar-refractivity contribution in [1.29, 1.82) is 0 Å². The largest absolute Gasteiger partial charge is 0.488 e. The minimum Gasteiger partial charge on any atom is -0.488 e. The summed E-state index contributed by atoms with van der Waals surface area (Å²) in [5, 5.41) is 2.93. The Morgan fingerprint density at radius 1 is 1.08 bits per heavy atom. The summed E-state index contributed by atoms with van der Waals surface area (Å²) >= 11 is 0. The van der Waals surface area contributed by atoms with Gasteiger partial charge in [-0.2, -0.15) is 0 Å². The molecule has 5 heteroatoms. The predicted octanol–water partition coefficient (Wildman–Crippen LogP) is 3.48. The van der Waals surface area contributed by atoms with Gasteiger partial charge in [0.1, 0.15) is 18.2 Å². The molecular weight excluding hydrogens is 319 g/mol. The molecule has 0 heterocycles. The predicted molar refractivity (Wildman–Crippen MR) is 97.3 cm³/mol. The minimum absolute atomic E-state index is 0.151. The Kier molecular flexibility index (Phi) is 7.41. The lowest BCUT2D eigenvalue weighted by Crippen LogP contribution is -2.34. The highest BCUT2D eigenvalue weighted by Gasteiger charge is 2.12. The van der Waals surface area contributed by atoms with Crippen molar-refractivity contribution >= 4 is 5.91 Å². The molecule has 0 fully saturated rings. The fourth-order valence-corrected chi connectivity index (χ4v) is 2.48. The van der Waals surface area contributed by atoms with Gasteiger partial charge in [0.15, 0.2) is 0 Å². The third-order valence-electron chi connectivity index (χ3n) is 4.05. The van der Waals surface area contributed by atoms with E-state index in [9.17, 15) is 9.18 Å². The molecule has 0 aromatic heterocycles. The van der Waals surface area contributed by atoms with Crippen LogP contribution >= 0.6 is 0 Å². The minimum atomic E-state index is -0.281. The molecule has 2 aromatic rings. The number of hydrogen-bond donors (Lipinski definition) is 1. The highest BCUT2D eigenvalue weighted by Crippen LogP contribution is 2.19. The summed E-state index contributed by atoms with van der Waals surface area (Å²) in [7, 11) is 0. The van der Waals surface area contributed by atoms with Gasteiger partial charge in [-0.25, -0.2) is 4.39 Å². The van der Waals surface area contributed by atoms with Crippen molar-refractivity contribution in [2.24, 2.45) is 0 Å². The quantitative estimate of drug-likeness (QED) is 0.757. The van der Waals surface area contributed by atoms with E-state index in [0.717, 1.165) is 25.2 Å². The first-order chi connectivity index (χ1) is 12.1. The van der Waals surface area contributed by atoms with Gasteiger partial charge in [0.25, 0.3) is 5.91 Å². The van der Waals surface area contributed by atoms with Crippen molar-refractivity contribution in [2.75, 3.05) is 26.2 Å². The lowest BCUT2D eigenvalue weighted by molar-refractivity contribution is 0.0944. The summed E-state index contributed by atoms with van der Waals surface area (Å²) in [6, 6.07) is 13.3. The zero-order valence-electron chi connectivity index (χ0n) is 14.8. The number of likely N-dealkylation sites (N-methyl/N-ethyl adjacent to an activating group) is 1. The molecule has 0 saturated heterocycles. The Labute approximate surface area is 148 Å². The number of amides is 1. The average molecular weight is 344 g/mol. The molecule has 0 aliphatic rings. The number of nitrogens with zero attached hydrogens (tertiary/aromatic N) is 1. The van der Waals surface area contributed by atoms with Crippen LogP contribution in [0.4, 0.5) is 4.39 Å². The van der Waals surface area contributed by atoms with Crippen molar-refractivity contribution in [2.45, 2.75) is 20.5 Å². The van der Waals surface area contributed by atoms with Crippen molar-refractivity contribution in [3.8, 4) is 5.75 Å². The van der Waals surface area contributed by atoms with Crippen LogP contribution in [0, 0.1) is 5.82 Å². The highest BCUT2D eigenvalue weighted by atomic mass is 19.1. The lowest BCUT2D eigenvalue weighted by atomic mass is 10.2. The van der Waals surface area contributed by atoms with E-state index in [0.29, 0.717) is 17.9 Å². The van der Waals surface area contributed by atoms with E-state index in [2.05, 4.69) is 24.1 Å². The van der Waals surface area contributed by atoms with Crippen LogP contribution in [0.3, 0.4) is 0 Å². The molecule has 4 nitrogen and oxygen atoms in total. The van der Waals surface area contributed by atoms with Crippen molar-refractivity contribution in [3.05, 3.63) is 65.5 Å². The van der Waals surface area contributed by atoms with Crippen LogP contribution in [0.15, 0.2) is 48.5 Å². The third kappa shape index (κ3) is 5.87. The molecule has 0 aliphatic heterocycles. The van der Waals surface area contributed by atoms with E-state index < -0.39 is 0 Å². The summed E-state index contributed by atoms with van der Waals surface area (Å²) < 4.78 is 18.7. The van der Waals surface area contributed by atoms with Crippen molar-refractivity contribution < 1.29 is 13.9 Å². The number of benzene rings is 2. The molecular formula is C20H25FN2O2. The van der Waals surface area contributed by atoms with Crippen molar-refractivity contribution in [3.63, 3.8) is 0 Å². The number of rotatable bonds is 9. The second kappa shape index (κ2) is 9.79. The van der Waals surface area contributed by atoms with E-state index in [4.69, 9.17) is 4.74 Å². The second-order valence-corrected chi connectivity index (χ2v) is 5.69. The van der Waals surface area contributed by atoms with E-state index in [1.54, 1.807) is 24.3 Å². The van der Waals surface area contributed by atoms with E-state index in [-0.39, 0.29) is 18.3 Å². The van der Waals surface area contributed by atoms with Crippen LogP contribution in [0.2, 0.25) is 0 Å². The number of halogens is 1. The monoisotopic (exact) mass is 344 g/mol. The normalized spacial score (nSPS) is 10.7. The lowest BCUT2D eigenvalue weighted by Gasteiger charge is -2.18. The van der Waals surface area contributed by atoms with E-state index in [1.165, 1.54) is 12.1 Å². The first kappa shape index (κ1) is 18.9. The Balaban J connectivity index is 1.94. The first-order valence-corrected chi connectivity index (χ1v) is 8.60. The molecule has 1 amide bonds. The molecule has 0 saturated carbocycles. The van der Waals surface area contributed by atoms with E-state index >= 15 is 0 Å². The fraction of sp³-hybridized carbons (Fsp3) is 0.350. The molecule has 1 N–H and O–H groups in total. The fourth-order valence-electron chi connectivity index (χ4n) is 2.48. The summed E-state index contributed by atoms with van der Waals surface area (Å²) in [6.45, 7) is 7.81. The molecule has 0 unspecified atom stereocenters.